The summed E-state index contributed by atoms with van der Waals surface area (Å²) in [6.07, 6.45) is 0.221. The monoisotopic (exact) mass is 527 g/mol. The first-order valence-corrected chi connectivity index (χ1v) is 12.2. The van der Waals surface area contributed by atoms with Crippen LogP contribution >= 0.6 is 34.8 Å². The zero-order valence-corrected chi connectivity index (χ0v) is 19.9. The first-order valence-electron chi connectivity index (χ1n) is 9.59. The van der Waals surface area contributed by atoms with E-state index in [9.17, 15) is 18.3 Å². The van der Waals surface area contributed by atoms with E-state index >= 15 is 0 Å². The molecule has 8 nitrogen and oxygen atoms in total. The Hall–Kier alpha value is -2.43. The topological polar surface area (TPSA) is 110 Å². The van der Waals surface area contributed by atoms with Crippen LogP contribution in [0.3, 0.4) is 0 Å². The van der Waals surface area contributed by atoms with Gasteiger partial charge < -0.3 is 9.84 Å². The Morgan fingerprint density at radius 3 is 2.52 bits per heavy atom. The number of sulfonamides is 1. The molecule has 4 rings (SSSR count). The summed E-state index contributed by atoms with van der Waals surface area (Å²) in [5.74, 6) is -0.595. The first kappa shape index (κ1) is 23.7. The summed E-state index contributed by atoms with van der Waals surface area (Å²) < 4.78 is 33.3. The first-order chi connectivity index (χ1) is 15.7. The lowest BCUT2D eigenvalue weighted by molar-refractivity contribution is 0.0991. The van der Waals surface area contributed by atoms with Crippen LogP contribution in [-0.4, -0.2) is 48.5 Å². The third kappa shape index (κ3) is 4.78. The van der Waals surface area contributed by atoms with E-state index in [0.29, 0.717) is 0 Å². The number of ketones is 1. The number of aromatic nitrogens is 2. The van der Waals surface area contributed by atoms with E-state index in [1.54, 1.807) is 24.3 Å². The molecular weight excluding hydrogens is 513 g/mol. The van der Waals surface area contributed by atoms with Gasteiger partial charge in [0.25, 0.3) is 15.9 Å². The van der Waals surface area contributed by atoms with Crippen molar-refractivity contribution in [3.05, 3.63) is 75.0 Å². The van der Waals surface area contributed by atoms with Gasteiger partial charge in [0.1, 0.15) is 6.10 Å². The van der Waals surface area contributed by atoms with Crippen LogP contribution in [0.4, 0.5) is 5.82 Å². The van der Waals surface area contributed by atoms with Crippen LogP contribution in [-0.2, 0) is 16.4 Å². The number of hydrogen-bond donors (Lipinski definition) is 1. The maximum atomic E-state index is 13.4. The van der Waals surface area contributed by atoms with Gasteiger partial charge in [-0.25, -0.2) is 22.7 Å². The number of fused-ring (bicyclic) bond motifs is 1. The van der Waals surface area contributed by atoms with E-state index < -0.39 is 28.5 Å². The number of Topliss-reactive ketones (excluding diaryl/α,β-unsaturated/α-hetero) is 1. The summed E-state index contributed by atoms with van der Waals surface area (Å²) >= 11 is 18.2. The minimum Gasteiger partial charge on any atom is -0.467 e. The molecule has 2 heterocycles. The van der Waals surface area contributed by atoms with E-state index in [2.05, 4.69) is 9.97 Å². The smallest absolute Gasteiger partial charge is 0.265 e. The number of benzene rings is 2. The van der Waals surface area contributed by atoms with Gasteiger partial charge in [-0.05, 0) is 30.3 Å². The van der Waals surface area contributed by atoms with Crippen molar-refractivity contribution in [3.63, 3.8) is 0 Å². The van der Waals surface area contributed by atoms with Crippen LogP contribution < -0.4 is 9.04 Å². The van der Waals surface area contributed by atoms with E-state index in [-0.39, 0.29) is 55.9 Å². The second-order valence-electron chi connectivity index (χ2n) is 7.10. The minimum absolute atomic E-state index is 0.0642. The molecule has 0 fully saturated rings. The van der Waals surface area contributed by atoms with Gasteiger partial charge in [-0.3, -0.25) is 4.79 Å². The number of aliphatic hydroxyl groups is 1. The molecule has 3 aromatic rings. The van der Waals surface area contributed by atoms with Crippen molar-refractivity contribution >= 4 is 56.4 Å². The standard InChI is InChI=1S/C21H16Cl3N3O5S/c22-12-3-1-4-15(7-12)33(30,31)27-10-14(11-28)32-21-20(27)26-13(9-25-21)8-18(29)19-16(23)5-2-6-17(19)24/h1-7,9,14,28H,8,10-11H2. The SMILES string of the molecule is O=C(Cc1cnc2c(n1)N(S(=O)(=O)c1cccc(Cl)c1)CC(CO)O2)c1c(Cl)cccc1Cl. The minimum atomic E-state index is -4.12. The Morgan fingerprint density at radius 1 is 1.15 bits per heavy atom. The molecule has 2 aromatic carbocycles. The summed E-state index contributed by atoms with van der Waals surface area (Å²) in [6.45, 7) is -0.644. The Bertz CT molecular complexity index is 1320. The molecule has 12 heteroatoms. The molecule has 1 aromatic heterocycles. The van der Waals surface area contributed by atoms with E-state index in [1.165, 1.54) is 24.4 Å². The number of nitrogens with zero attached hydrogens (tertiary/aromatic N) is 3. The maximum Gasteiger partial charge on any atom is 0.265 e. The molecule has 1 N–H and O–H groups in total. The Balaban J connectivity index is 1.73. The van der Waals surface area contributed by atoms with Gasteiger partial charge >= 0.3 is 0 Å². The Labute approximate surface area is 204 Å². The highest BCUT2D eigenvalue weighted by Gasteiger charge is 2.37. The van der Waals surface area contributed by atoms with Gasteiger partial charge in [0.2, 0.25) is 5.82 Å². The molecule has 0 bridgehead atoms. The number of carbonyl (C=O) groups is 1. The Morgan fingerprint density at radius 2 is 1.85 bits per heavy atom. The molecule has 0 aliphatic carbocycles. The summed E-state index contributed by atoms with van der Waals surface area (Å²) in [5.41, 5.74) is 0.326. The number of aliphatic hydroxyl groups excluding tert-OH is 1. The largest absolute Gasteiger partial charge is 0.467 e. The van der Waals surface area contributed by atoms with Crippen molar-refractivity contribution < 1.29 is 23.1 Å². The second kappa shape index (κ2) is 9.44. The predicted molar refractivity (Wildman–Crippen MR) is 124 cm³/mol. The fraction of sp³-hybridized carbons (Fsp3) is 0.190. The molecule has 0 radical (unpaired) electrons. The zero-order chi connectivity index (χ0) is 23.8. The van der Waals surface area contributed by atoms with Gasteiger partial charge in [-0.2, -0.15) is 0 Å². The molecule has 1 unspecified atom stereocenters. The summed E-state index contributed by atoms with van der Waals surface area (Å²) in [5, 5.41) is 10.2. The molecule has 172 valence electrons. The quantitative estimate of drug-likeness (QED) is 0.485. The van der Waals surface area contributed by atoms with Crippen molar-refractivity contribution in [2.24, 2.45) is 0 Å². The maximum absolute atomic E-state index is 13.4. The van der Waals surface area contributed by atoms with Crippen LogP contribution in [0.15, 0.2) is 53.6 Å². The van der Waals surface area contributed by atoms with Crippen molar-refractivity contribution in [2.45, 2.75) is 17.4 Å². The van der Waals surface area contributed by atoms with Crippen molar-refractivity contribution in [1.82, 2.24) is 9.97 Å². The van der Waals surface area contributed by atoms with Crippen LogP contribution in [0.5, 0.6) is 5.88 Å². The molecule has 1 aliphatic rings. The number of anilines is 1. The van der Waals surface area contributed by atoms with E-state index in [0.717, 1.165) is 4.31 Å². The van der Waals surface area contributed by atoms with Crippen molar-refractivity contribution in [2.75, 3.05) is 17.5 Å². The van der Waals surface area contributed by atoms with Gasteiger partial charge in [0.15, 0.2) is 5.78 Å². The normalized spacial score (nSPS) is 15.6. The summed E-state index contributed by atoms with van der Waals surface area (Å²) in [7, 11) is -4.12. The highest BCUT2D eigenvalue weighted by atomic mass is 35.5. The lowest BCUT2D eigenvalue weighted by atomic mass is 10.1. The van der Waals surface area contributed by atoms with Gasteiger partial charge in [0, 0.05) is 5.02 Å². The van der Waals surface area contributed by atoms with Gasteiger partial charge in [0.05, 0.1) is 52.0 Å². The van der Waals surface area contributed by atoms with E-state index in [4.69, 9.17) is 39.5 Å². The third-order valence-electron chi connectivity index (χ3n) is 4.83. The molecule has 1 aliphatic heterocycles. The second-order valence-corrected chi connectivity index (χ2v) is 10.2. The van der Waals surface area contributed by atoms with Crippen molar-refractivity contribution in [1.29, 1.82) is 0 Å². The predicted octanol–water partition coefficient (Wildman–Crippen LogP) is 3.81. The number of ether oxygens (including phenoxy) is 1. The number of rotatable bonds is 6. The van der Waals surface area contributed by atoms with Gasteiger partial charge in [-0.15, -0.1) is 0 Å². The third-order valence-corrected chi connectivity index (χ3v) is 7.44. The fourth-order valence-electron chi connectivity index (χ4n) is 3.28. The van der Waals surface area contributed by atoms with Crippen LogP contribution in [0.1, 0.15) is 16.1 Å². The molecular formula is C21H16Cl3N3O5S. The average molecular weight is 529 g/mol. The zero-order valence-electron chi connectivity index (χ0n) is 16.8. The average Bonchev–Trinajstić information content (AvgIpc) is 2.78. The number of halogens is 3. The fourth-order valence-corrected chi connectivity index (χ4v) is 5.63. The van der Waals surface area contributed by atoms with Crippen molar-refractivity contribution in [3.8, 4) is 5.88 Å². The van der Waals surface area contributed by atoms with Crippen LogP contribution in [0.25, 0.3) is 0 Å². The number of carbonyl (C=O) groups excluding carboxylic acids is 1. The summed E-state index contributed by atoms with van der Waals surface area (Å²) in [6, 6.07) is 10.5. The highest BCUT2D eigenvalue weighted by Crippen LogP contribution is 2.35. The van der Waals surface area contributed by atoms with Crippen LogP contribution in [0, 0.1) is 0 Å². The molecule has 33 heavy (non-hydrogen) atoms. The van der Waals surface area contributed by atoms with Gasteiger partial charge in [-0.1, -0.05) is 46.9 Å². The molecule has 0 spiro atoms. The highest BCUT2D eigenvalue weighted by molar-refractivity contribution is 7.92. The molecule has 0 saturated heterocycles. The number of hydrogen-bond acceptors (Lipinski definition) is 7. The van der Waals surface area contributed by atoms with Crippen LogP contribution in [0.2, 0.25) is 15.1 Å². The lowest BCUT2D eigenvalue weighted by Gasteiger charge is -2.33. The molecule has 1 atom stereocenters. The Kier molecular flexibility index (Phi) is 6.78. The summed E-state index contributed by atoms with van der Waals surface area (Å²) in [4.78, 5) is 21.2. The van der Waals surface area contributed by atoms with E-state index in [1.807, 2.05) is 0 Å². The molecule has 0 amide bonds. The molecule has 0 saturated carbocycles. The lowest BCUT2D eigenvalue weighted by Crippen LogP contribution is -2.46.